The molecular weight excluding hydrogens is 823 g/mol. The van der Waals surface area contributed by atoms with E-state index in [-0.39, 0.29) is 18.9 Å². The molecule has 0 saturated carbocycles. The van der Waals surface area contributed by atoms with Crippen molar-refractivity contribution in [2.24, 2.45) is 0 Å². The van der Waals surface area contributed by atoms with E-state index in [2.05, 4.69) is 43.5 Å². The fourth-order valence-electron chi connectivity index (χ4n) is 9.55. The van der Waals surface area contributed by atoms with Crippen LogP contribution in [0, 0.1) is 0 Å². The molecule has 0 aliphatic heterocycles. The van der Waals surface area contributed by atoms with E-state index in [0.29, 0.717) is 6.42 Å². The maximum Gasteiger partial charge on any atom is 0.222 e. The van der Waals surface area contributed by atoms with Gasteiger partial charge in [-0.25, -0.2) is 0 Å². The Balaban J connectivity index is 3.51. The second-order valence-electron chi connectivity index (χ2n) is 21.0. The summed E-state index contributed by atoms with van der Waals surface area (Å²) < 4.78 is 0. The predicted molar refractivity (Wildman–Crippen MR) is 296 cm³/mol. The summed E-state index contributed by atoms with van der Waals surface area (Å²) in [6, 6.07) is -0.744. The minimum atomic E-state index is -0.929. The van der Waals surface area contributed by atoms with Gasteiger partial charge in [-0.3, -0.25) is 4.79 Å². The van der Waals surface area contributed by atoms with Crippen LogP contribution < -0.4 is 5.32 Å². The first-order valence-corrected chi connectivity index (χ1v) is 30.3. The number of amides is 1. The van der Waals surface area contributed by atoms with Crippen LogP contribution in [0.4, 0.5) is 0 Å². The molecule has 396 valence electrons. The molecule has 0 aliphatic rings. The normalized spacial score (nSPS) is 13.4. The predicted octanol–water partition coefficient (Wildman–Crippen LogP) is 19.0. The van der Waals surface area contributed by atoms with Gasteiger partial charge in [-0.15, -0.1) is 0 Å². The average molecular weight is 943 g/mol. The number of rotatable bonds is 56. The molecule has 67 heavy (non-hydrogen) atoms. The summed E-state index contributed by atoms with van der Waals surface area (Å²) in [6.07, 6.45) is 75.0. The smallest absolute Gasteiger partial charge is 0.222 e. The number of carbonyl (C=O) groups excluding carboxylic acids is 1. The van der Waals surface area contributed by atoms with Crippen LogP contribution in [0.3, 0.4) is 0 Å². The minimum Gasteiger partial charge on any atom is -0.394 e. The largest absolute Gasteiger partial charge is 0.394 e. The Labute approximate surface area is 419 Å². The van der Waals surface area contributed by atoms with Crippen molar-refractivity contribution in [3.05, 3.63) is 36.5 Å². The summed E-state index contributed by atoms with van der Waals surface area (Å²) in [5, 5.41) is 33.5. The van der Waals surface area contributed by atoms with E-state index in [1.807, 2.05) is 6.08 Å². The second-order valence-corrected chi connectivity index (χ2v) is 21.0. The highest BCUT2D eigenvalue weighted by atomic mass is 16.3. The standard InChI is InChI=1S/C62H119NO4/c1-3-5-7-9-11-13-15-17-19-21-22-23-24-25-26-27-28-29-30-31-32-33-34-35-36-37-38-40-41-43-45-47-49-51-53-55-59(65)57-62(67)63-60(58-64)61(66)56-54-52-50-48-46-44-42-39-20-18-16-14-12-10-8-6-4-2/h26-27,29-30,54,56,59-61,64-66H,3-25,28,31-53,55,57-58H2,1-2H3,(H,63,67)/b27-26-,30-29-,56-54+. The van der Waals surface area contributed by atoms with Gasteiger partial charge in [0.25, 0.3) is 0 Å². The van der Waals surface area contributed by atoms with E-state index in [1.54, 1.807) is 6.08 Å². The lowest BCUT2D eigenvalue weighted by atomic mass is 10.0. The van der Waals surface area contributed by atoms with Crippen LogP contribution >= 0.6 is 0 Å². The van der Waals surface area contributed by atoms with Crippen molar-refractivity contribution in [1.82, 2.24) is 5.32 Å². The van der Waals surface area contributed by atoms with Crippen LogP contribution in [0.5, 0.6) is 0 Å². The molecule has 0 saturated heterocycles. The van der Waals surface area contributed by atoms with E-state index >= 15 is 0 Å². The molecule has 3 unspecified atom stereocenters. The highest BCUT2D eigenvalue weighted by Gasteiger charge is 2.20. The summed E-state index contributed by atoms with van der Waals surface area (Å²) in [6.45, 7) is 4.25. The lowest BCUT2D eigenvalue weighted by molar-refractivity contribution is -0.124. The highest BCUT2D eigenvalue weighted by molar-refractivity contribution is 5.76. The Hall–Kier alpha value is -1.43. The first-order chi connectivity index (χ1) is 33.0. The molecule has 0 bridgehead atoms. The minimum absolute atomic E-state index is 0.0154. The molecule has 0 spiro atoms. The van der Waals surface area contributed by atoms with E-state index in [4.69, 9.17) is 0 Å². The van der Waals surface area contributed by atoms with E-state index in [9.17, 15) is 20.1 Å². The molecule has 5 heteroatoms. The van der Waals surface area contributed by atoms with Crippen molar-refractivity contribution in [1.29, 1.82) is 0 Å². The van der Waals surface area contributed by atoms with Gasteiger partial charge in [0.2, 0.25) is 5.91 Å². The average Bonchev–Trinajstić information content (AvgIpc) is 3.32. The number of allylic oxidation sites excluding steroid dienone is 5. The van der Waals surface area contributed by atoms with Crippen molar-refractivity contribution in [2.75, 3.05) is 6.61 Å². The Morgan fingerprint density at radius 1 is 0.388 bits per heavy atom. The zero-order valence-electron chi connectivity index (χ0n) is 45.3. The summed E-state index contributed by atoms with van der Waals surface area (Å²) in [4.78, 5) is 12.5. The lowest BCUT2D eigenvalue weighted by Crippen LogP contribution is -2.45. The summed E-state index contributed by atoms with van der Waals surface area (Å²) >= 11 is 0. The zero-order valence-corrected chi connectivity index (χ0v) is 45.3. The topological polar surface area (TPSA) is 89.8 Å². The molecular formula is C62H119NO4. The maximum atomic E-state index is 12.5. The first kappa shape index (κ1) is 65.6. The molecule has 1 amide bonds. The van der Waals surface area contributed by atoms with Gasteiger partial charge in [-0.2, -0.15) is 0 Å². The van der Waals surface area contributed by atoms with Gasteiger partial charge in [0, 0.05) is 0 Å². The number of aliphatic hydroxyl groups excluding tert-OH is 3. The summed E-state index contributed by atoms with van der Waals surface area (Å²) in [5.74, 6) is -0.312. The number of hydrogen-bond acceptors (Lipinski definition) is 4. The Morgan fingerprint density at radius 3 is 0.985 bits per heavy atom. The third-order valence-corrected chi connectivity index (χ3v) is 14.2. The third-order valence-electron chi connectivity index (χ3n) is 14.2. The number of aliphatic hydroxyl groups is 3. The molecule has 4 N–H and O–H groups in total. The summed E-state index contributed by atoms with van der Waals surface area (Å²) in [5.41, 5.74) is 0. The molecule has 0 fully saturated rings. The van der Waals surface area contributed by atoms with Gasteiger partial charge in [0.05, 0.1) is 31.3 Å². The fraction of sp³-hybridized carbons (Fsp3) is 0.887. The lowest BCUT2D eigenvalue weighted by Gasteiger charge is -2.21. The number of unbranched alkanes of at least 4 members (excludes halogenated alkanes) is 43. The fourth-order valence-corrected chi connectivity index (χ4v) is 9.55. The first-order valence-electron chi connectivity index (χ1n) is 30.3. The zero-order chi connectivity index (χ0) is 48.6. The van der Waals surface area contributed by atoms with Crippen molar-refractivity contribution in [2.45, 2.75) is 347 Å². The molecule has 0 heterocycles. The molecule has 0 radical (unpaired) electrons. The van der Waals surface area contributed by atoms with Crippen LogP contribution in [0.15, 0.2) is 36.5 Å². The van der Waals surface area contributed by atoms with E-state index in [0.717, 1.165) is 32.1 Å². The SMILES string of the molecule is CCCCCCCCCCCCCCC/C=C\C/C=C\CCCCCCCCCCCCCCCCCC(O)CC(=O)NC(CO)C(O)/C=C/CCCCCCCCCCCCCCCCC. The van der Waals surface area contributed by atoms with Crippen molar-refractivity contribution < 1.29 is 20.1 Å². The van der Waals surface area contributed by atoms with Gasteiger partial charge >= 0.3 is 0 Å². The molecule has 0 aromatic carbocycles. The Morgan fingerprint density at radius 2 is 0.672 bits per heavy atom. The second kappa shape index (κ2) is 57.2. The Bertz CT molecular complexity index is 1040. The van der Waals surface area contributed by atoms with Gasteiger partial charge in [-0.1, -0.05) is 307 Å². The molecule has 0 aliphatic carbocycles. The maximum absolute atomic E-state index is 12.5. The van der Waals surface area contributed by atoms with Gasteiger partial charge in [0.15, 0.2) is 0 Å². The Kier molecular flexibility index (Phi) is 55.9. The molecule has 5 nitrogen and oxygen atoms in total. The number of hydrogen-bond donors (Lipinski definition) is 4. The van der Waals surface area contributed by atoms with Crippen LogP contribution in [-0.2, 0) is 4.79 Å². The van der Waals surface area contributed by atoms with Crippen molar-refractivity contribution >= 4 is 5.91 Å². The third kappa shape index (κ3) is 53.8. The molecule has 0 rings (SSSR count). The monoisotopic (exact) mass is 942 g/mol. The van der Waals surface area contributed by atoms with Gasteiger partial charge < -0.3 is 20.6 Å². The van der Waals surface area contributed by atoms with Crippen LogP contribution in [0.2, 0.25) is 0 Å². The van der Waals surface area contributed by atoms with Crippen LogP contribution in [0.25, 0.3) is 0 Å². The molecule has 0 aromatic heterocycles. The number of nitrogens with one attached hydrogen (secondary N) is 1. The van der Waals surface area contributed by atoms with E-state index < -0.39 is 18.2 Å². The molecule has 0 aromatic rings. The van der Waals surface area contributed by atoms with Crippen molar-refractivity contribution in [3.63, 3.8) is 0 Å². The van der Waals surface area contributed by atoms with Gasteiger partial charge in [-0.05, 0) is 51.4 Å². The van der Waals surface area contributed by atoms with Gasteiger partial charge in [0.1, 0.15) is 0 Å². The highest BCUT2D eigenvalue weighted by Crippen LogP contribution is 2.18. The quantitative estimate of drug-likeness (QED) is 0.0361. The van der Waals surface area contributed by atoms with Crippen LogP contribution in [-0.4, -0.2) is 46.1 Å². The van der Waals surface area contributed by atoms with Crippen LogP contribution in [0.1, 0.15) is 328 Å². The molecule has 3 atom stereocenters. The number of carbonyl (C=O) groups is 1. The van der Waals surface area contributed by atoms with Crippen molar-refractivity contribution in [3.8, 4) is 0 Å². The van der Waals surface area contributed by atoms with E-state index in [1.165, 1.54) is 270 Å². The summed E-state index contributed by atoms with van der Waals surface area (Å²) in [7, 11) is 0.